The molecule has 0 aromatic rings. The summed E-state index contributed by atoms with van der Waals surface area (Å²) in [5.41, 5.74) is 6.96. The van der Waals surface area contributed by atoms with Crippen molar-refractivity contribution in [1.82, 2.24) is 4.90 Å². The van der Waals surface area contributed by atoms with E-state index in [1.807, 2.05) is 4.90 Å². The number of allylic oxidation sites excluding steroid dienone is 1. The van der Waals surface area contributed by atoms with Crippen molar-refractivity contribution in [2.24, 2.45) is 5.73 Å². The number of amides is 1. The molecule has 1 amide bonds. The lowest BCUT2D eigenvalue weighted by Gasteiger charge is -2.36. The molecule has 2 rings (SSSR count). The molecule has 1 saturated heterocycles. The normalized spacial score (nSPS) is 29.8. The van der Waals surface area contributed by atoms with Crippen LogP contribution in [-0.4, -0.2) is 23.4 Å². The molecule has 0 saturated carbocycles. The largest absolute Gasteiger partial charge is 0.323 e. The molecule has 1 atom stereocenters. The Morgan fingerprint density at radius 2 is 2.42 bits per heavy atom. The van der Waals surface area contributed by atoms with Crippen molar-refractivity contribution in [3.05, 3.63) is 11.8 Å². The average Bonchev–Trinajstić information content (AvgIpc) is 2.12. The zero-order valence-electron chi connectivity index (χ0n) is 7.12. The van der Waals surface area contributed by atoms with Crippen LogP contribution in [0.5, 0.6) is 0 Å². The number of carbonyl (C=O) groups is 1. The number of carbonyl (C=O) groups excluding carboxylic acids is 1. The molecule has 2 heterocycles. The fourth-order valence-corrected chi connectivity index (χ4v) is 1.92. The Labute approximate surface area is 72.2 Å². The molecule has 66 valence electrons. The Morgan fingerprint density at radius 3 is 3.17 bits per heavy atom. The highest BCUT2D eigenvalue weighted by Gasteiger charge is 2.29. The lowest BCUT2D eigenvalue weighted by Crippen LogP contribution is -2.45. The Balaban J connectivity index is 2.25. The lowest BCUT2D eigenvalue weighted by molar-refractivity contribution is -0.131. The van der Waals surface area contributed by atoms with E-state index < -0.39 is 0 Å². The molecular formula is C9H14N2O. The van der Waals surface area contributed by atoms with Crippen molar-refractivity contribution in [3.63, 3.8) is 0 Å². The summed E-state index contributed by atoms with van der Waals surface area (Å²) in [7, 11) is 0. The predicted octanol–water partition coefficient (Wildman–Crippen LogP) is 0.614. The van der Waals surface area contributed by atoms with Crippen LogP contribution in [0.15, 0.2) is 11.8 Å². The van der Waals surface area contributed by atoms with Gasteiger partial charge in [-0.1, -0.05) is 6.08 Å². The summed E-state index contributed by atoms with van der Waals surface area (Å²) >= 11 is 0. The first-order chi connectivity index (χ1) is 5.79. The molecule has 1 fully saturated rings. The standard InChI is InChI=1S/C9H14N2O/c10-7-4-5-9(12)11-6-2-1-3-8(7)11/h3,7H,1-2,4-6,10H2. The van der Waals surface area contributed by atoms with Crippen molar-refractivity contribution >= 4 is 5.91 Å². The molecule has 3 heteroatoms. The van der Waals surface area contributed by atoms with Crippen LogP contribution in [0.3, 0.4) is 0 Å². The second-order valence-electron chi connectivity index (χ2n) is 3.46. The minimum absolute atomic E-state index is 0.1000. The van der Waals surface area contributed by atoms with Crippen LogP contribution in [-0.2, 0) is 4.79 Å². The minimum Gasteiger partial charge on any atom is -0.323 e. The zero-order chi connectivity index (χ0) is 8.55. The summed E-state index contributed by atoms with van der Waals surface area (Å²) in [6, 6.07) is 0.1000. The van der Waals surface area contributed by atoms with Crippen LogP contribution in [0.25, 0.3) is 0 Å². The van der Waals surface area contributed by atoms with Gasteiger partial charge in [-0.15, -0.1) is 0 Å². The maximum atomic E-state index is 11.4. The number of hydrogen-bond acceptors (Lipinski definition) is 2. The first-order valence-electron chi connectivity index (χ1n) is 4.55. The Morgan fingerprint density at radius 1 is 1.58 bits per heavy atom. The van der Waals surface area contributed by atoms with Gasteiger partial charge < -0.3 is 10.6 Å². The number of piperidine rings is 1. The highest BCUT2D eigenvalue weighted by molar-refractivity contribution is 5.79. The molecule has 2 aliphatic heterocycles. The van der Waals surface area contributed by atoms with Gasteiger partial charge in [0.2, 0.25) is 5.91 Å². The minimum atomic E-state index is 0.1000. The molecule has 0 aromatic carbocycles. The van der Waals surface area contributed by atoms with E-state index in [9.17, 15) is 4.79 Å². The number of rotatable bonds is 0. The highest BCUT2D eigenvalue weighted by atomic mass is 16.2. The summed E-state index contributed by atoms with van der Waals surface area (Å²) in [5, 5.41) is 0. The van der Waals surface area contributed by atoms with E-state index in [0.29, 0.717) is 6.42 Å². The third-order valence-electron chi connectivity index (χ3n) is 2.60. The molecule has 3 nitrogen and oxygen atoms in total. The van der Waals surface area contributed by atoms with Gasteiger partial charge >= 0.3 is 0 Å². The lowest BCUT2D eigenvalue weighted by atomic mass is 9.97. The van der Waals surface area contributed by atoms with E-state index in [1.165, 1.54) is 0 Å². The molecule has 2 N–H and O–H groups in total. The molecule has 12 heavy (non-hydrogen) atoms. The molecular weight excluding hydrogens is 152 g/mol. The highest BCUT2D eigenvalue weighted by Crippen LogP contribution is 2.25. The molecule has 0 aromatic heterocycles. The summed E-state index contributed by atoms with van der Waals surface area (Å²) in [4.78, 5) is 13.3. The summed E-state index contributed by atoms with van der Waals surface area (Å²) < 4.78 is 0. The molecule has 0 bridgehead atoms. The fraction of sp³-hybridized carbons (Fsp3) is 0.667. The van der Waals surface area contributed by atoms with Crippen LogP contribution < -0.4 is 5.73 Å². The van der Waals surface area contributed by atoms with Crippen molar-refractivity contribution in [1.29, 1.82) is 0 Å². The molecule has 0 spiro atoms. The second kappa shape index (κ2) is 2.90. The van der Waals surface area contributed by atoms with Crippen LogP contribution in [0.2, 0.25) is 0 Å². The monoisotopic (exact) mass is 166 g/mol. The van der Waals surface area contributed by atoms with E-state index in [0.717, 1.165) is 31.5 Å². The SMILES string of the molecule is NC1CCC(=O)N2CCCC=C12. The average molecular weight is 166 g/mol. The first kappa shape index (κ1) is 7.80. The number of nitrogens with zero attached hydrogens (tertiary/aromatic N) is 1. The van der Waals surface area contributed by atoms with Gasteiger partial charge in [0.05, 0.1) is 0 Å². The van der Waals surface area contributed by atoms with Gasteiger partial charge in [-0.25, -0.2) is 0 Å². The summed E-state index contributed by atoms with van der Waals surface area (Å²) in [6.45, 7) is 0.873. The van der Waals surface area contributed by atoms with Gasteiger partial charge in [-0.05, 0) is 19.3 Å². The van der Waals surface area contributed by atoms with Crippen LogP contribution in [0, 0.1) is 0 Å². The van der Waals surface area contributed by atoms with Gasteiger partial charge in [-0.2, -0.15) is 0 Å². The zero-order valence-corrected chi connectivity index (χ0v) is 7.12. The fourth-order valence-electron chi connectivity index (χ4n) is 1.92. The maximum Gasteiger partial charge on any atom is 0.226 e. The van der Waals surface area contributed by atoms with Gasteiger partial charge in [0, 0.05) is 24.7 Å². The van der Waals surface area contributed by atoms with E-state index in [2.05, 4.69) is 6.08 Å². The maximum absolute atomic E-state index is 11.4. The van der Waals surface area contributed by atoms with E-state index in [1.54, 1.807) is 0 Å². The molecule has 0 radical (unpaired) electrons. The molecule has 1 unspecified atom stereocenters. The van der Waals surface area contributed by atoms with Gasteiger partial charge in [0.25, 0.3) is 0 Å². The molecule has 2 aliphatic rings. The topological polar surface area (TPSA) is 46.3 Å². The van der Waals surface area contributed by atoms with Crippen LogP contribution >= 0.6 is 0 Å². The van der Waals surface area contributed by atoms with E-state index >= 15 is 0 Å². The van der Waals surface area contributed by atoms with Crippen molar-refractivity contribution in [2.45, 2.75) is 31.7 Å². The van der Waals surface area contributed by atoms with E-state index in [-0.39, 0.29) is 11.9 Å². The second-order valence-corrected chi connectivity index (χ2v) is 3.46. The number of nitrogens with two attached hydrogens (primary N) is 1. The summed E-state index contributed by atoms with van der Waals surface area (Å²) in [5.74, 6) is 0.252. The van der Waals surface area contributed by atoms with Crippen LogP contribution in [0.4, 0.5) is 0 Å². The smallest absolute Gasteiger partial charge is 0.226 e. The predicted molar refractivity (Wildman–Crippen MR) is 46.2 cm³/mol. The van der Waals surface area contributed by atoms with Gasteiger partial charge in [-0.3, -0.25) is 4.79 Å². The number of fused-ring (bicyclic) bond motifs is 1. The van der Waals surface area contributed by atoms with Crippen LogP contribution in [0.1, 0.15) is 25.7 Å². The quantitative estimate of drug-likeness (QED) is 0.573. The van der Waals surface area contributed by atoms with Gasteiger partial charge in [0.15, 0.2) is 0 Å². The van der Waals surface area contributed by atoms with Crippen molar-refractivity contribution < 1.29 is 4.79 Å². The third-order valence-corrected chi connectivity index (χ3v) is 2.60. The van der Waals surface area contributed by atoms with E-state index in [4.69, 9.17) is 5.73 Å². The Bertz CT molecular complexity index is 235. The van der Waals surface area contributed by atoms with Crippen molar-refractivity contribution in [3.8, 4) is 0 Å². The Hall–Kier alpha value is -0.830. The van der Waals surface area contributed by atoms with Crippen molar-refractivity contribution in [2.75, 3.05) is 6.54 Å². The van der Waals surface area contributed by atoms with Gasteiger partial charge in [0.1, 0.15) is 0 Å². The third kappa shape index (κ3) is 1.14. The first-order valence-corrected chi connectivity index (χ1v) is 4.55. The number of hydrogen-bond donors (Lipinski definition) is 1. The Kier molecular flexibility index (Phi) is 1.89. The molecule has 0 aliphatic carbocycles. The summed E-state index contributed by atoms with van der Waals surface area (Å²) in [6.07, 6.45) is 5.72.